The van der Waals surface area contributed by atoms with Gasteiger partial charge in [0.15, 0.2) is 5.69 Å². The zero-order chi connectivity index (χ0) is 9.26. The first-order valence-electron chi connectivity index (χ1n) is 4.71. The van der Waals surface area contributed by atoms with Gasteiger partial charge in [0, 0.05) is 12.7 Å². The highest BCUT2D eigenvalue weighted by Crippen LogP contribution is 2.33. The SMILES string of the molecule is CC1CC(Cn2ccc(C#N)n2)C1. The maximum absolute atomic E-state index is 8.57. The van der Waals surface area contributed by atoms with Crippen molar-refractivity contribution in [2.24, 2.45) is 11.8 Å². The van der Waals surface area contributed by atoms with Crippen LogP contribution in [0.15, 0.2) is 12.3 Å². The second kappa shape index (κ2) is 3.21. The monoisotopic (exact) mass is 175 g/mol. The van der Waals surface area contributed by atoms with Gasteiger partial charge in [-0.15, -0.1) is 0 Å². The maximum atomic E-state index is 8.57. The lowest BCUT2D eigenvalue weighted by atomic mass is 9.76. The van der Waals surface area contributed by atoms with Crippen LogP contribution in [0.3, 0.4) is 0 Å². The standard InChI is InChI=1S/C10H13N3/c1-8-4-9(5-8)7-13-3-2-10(6-11)12-13/h2-3,8-9H,4-5,7H2,1H3. The Kier molecular flexibility index (Phi) is 2.05. The van der Waals surface area contributed by atoms with Crippen LogP contribution >= 0.6 is 0 Å². The van der Waals surface area contributed by atoms with Crippen molar-refractivity contribution in [1.29, 1.82) is 5.26 Å². The highest BCUT2D eigenvalue weighted by molar-refractivity contribution is 5.16. The van der Waals surface area contributed by atoms with E-state index in [1.807, 2.05) is 16.9 Å². The number of nitriles is 1. The number of nitrogens with zero attached hydrogens (tertiary/aromatic N) is 3. The van der Waals surface area contributed by atoms with Crippen LogP contribution in [0.5, 0.6) is 0 Å². The van der Waals surface area contributed by atoms with Crippen LogP contribution in [0.2, 0.25) is 0 Å². The topological polar surface area (TPSA) is 41.6 Å². The maximum Gasteiger partial charge on any atom is 0.162 e. The van der Waals surface area contributed by atoms with Crippen molar-refractivity contribution >= 4 is 0 Å². The van der Waals surface area contributed by atoms with Gasteiger partial charge in [-0.2, -0.15) is 10.4 Å². The van der Waals surface area contributed by atoms with Crippen LogP contribution in [0, 0.1) is 23.2 Å². The molecule has 0 bridgehead atoms. The van der Waals surface area contributed by atoms with E-state index in [1.165, 1.54) is 12.8 Å². The smallest absolute Gasteiger partial charge is 0.162 e. The Balaban J connectivity index is 1.92. The van der Waals surface area contributed by atoms with E-state index in [9.17, 15) is 0 Å². The normalized spacial score (nSPS) is 26.5. The molecule has 0 unspecified atom stereocenters. The lowest BCUT2D eigenvalue weighted by Gasteiger charge is -2.32. The van der Waals surface area contributed by atoms with Crippen molar-refractivity contribution in [2.45, 2.75) is 26.3 Å². The van der Waals surface area contributed by atoms with Gasteiger partial charge in [-0.3, -0.25) is 4.68 Å². The molecule has 0 aromatic carbocycles. The third-order valence-electron chi connectivity index (χ3n) is 2.67. The predicted molar refractivity (Wildman–Crippen MR) is 48.8 cm³/mol. The number of hydrogen-bond acceptors (Lipinski definition) is 2. The van der Waals surface area contributed by atoms with Gasteiger partial charge >= 0.3 is 0 Å². The summed E-state index contributed by atoms with van der Waals surface area (Å²) in [5, 5.41) is 12.7. The molecule has 0 radical (unpaired) electrons. The molecule has 3 heteroatoms. The van der Waals surface area contributed by atoms with Crippen molar-refractivity contribution in [3.05, 3.63) is 18.0 Å². The number of rotatable bonds is 2. The molecule has 0 atom stereocenters. The van der Waals surface area contributed by atoms with Gasteiger partial charge < -0.3 is 0 Å². The van der Waals surface area contributed by atoms with Gasteiger partial charge in [0.1, 0.15) is 6.07 Å². The molecule has 1 aromatic heterocycles. The highest BCUT2D eigenvalue weighted by atomic mass is 15.3. The summed E-state index contributed by atoms with van der Waals surface area (Å²) in [4.78, 5) is 0. The Morgan fingerprint density at radius 3 is 3.00 bits per heavy atom. The van der Waals surface area contributed by atoms with Crippen molar-refractivity contribution in [1.82, 2.24) is 9.78 Å². The first-order chi connectivity index (χ1) is 6.28. The molecule has 3 nitrogen and oxygen atoms in total. The average molecular weight is 175 g/mol. The molecule has 68 valence electrons. The molecule has 2 rings (SSSR count). The van der Waals surface area contributed by atoms with Crippen LogP contribution in [0.25, 0.3) is 0 Å². The molecule has 0 saturated heterocycles. The Hall–Kier alpha value is -1.30. The fraction of sp³-hybridized carbons (Fsp3) is 0.600. The van der Waals surface area contributed by atoms with Crippen LogP contribution in [0.1, 0.15) is 25.5 Å². The minimum absolute atomic E-state index is 0.521. The molecule has 1 aromatic rings. The first-order valence-corrected chi connectivity index (χ1v) is 4.71. The van der Waals surface area contributed by atoms with Crippen LogP contribution in [-0.2, 0) is 6.54 Å². The highest BCUT2D eigenvalue weighted by Gasteiger charge is 2.25. The van der Waals surface area contributed by atoms with Gasteiger partial charge in [-0.1, -0.05) is 6.92 Å². The summed E-state index contributed by atoms with van der Waals surface area (Å²) in [6, 6.07) is 3.80. The van der Waals surface area contributed by atoms with Gasteiger partial charge in [-0.25, -0.2) is 0 Å². The van der Waals surface area contributed by atoms with Gasteiger partial charge in [0.2, 0.25) is 0 Å². The van der Waals surface area contributed by atoms with Crippen molar-refractivity contribution < 1.29 is 0 Å². The van der Waals surface area contributed by atoms with Crippen molar-refractivity contribution in [3.63, 3.8) is 0 Å². The summed E-state index contributed by atoms with van der Waals surface area (Å²) in [6.45, 7) is 3.26. The third-order valence-corrected chi connectivity index (χ3v) is 2.67. The molecule has 1 aliphatic rings. The molecule has 0 amide bonds. The summed E-state index contributed by atoms with van der Waals surface area (Å²) in [5.41, 5.74) is 0.521. The average Bonchev–Trinajstić information content (AvgIpc) is 2.50. The van der Waals surface area contributed by atoms with Crippen molar-refractivity contribution in [3.8, 4) is 6.07 Å². The molecule has 0 aliphatic heterocycles. The second-order valence-corrected chi connectivity index (χ2v) is 3.98. The van der Waals surface area contributed by atoms with Crippen molar-refractivity contribution in [2.75, 3.05) is 0 Å². The molecule has 1 aliphatic carbocycles. The van der Waals surface area contributed by atoms with E-state index in [0.29, 0.717) is 5.69 Å². The molecule has 0 N–H and O–H groups in total. The van der Waals surface area contributed by atoms with E-state index in [-0.39, 0.29) is 0 Å². The summed E-state index contributed by atoms with van der Waals surface area (Å²) < 4.78 is 1.88. The molecule has 1 fully saturated rings. The Bertz CT molecular complexity index is 328. The van der Waals surface area contributed by atoms with E-state index in [4.69, 9.17) is 5.26 Å². The van der Waals surface area contributed by atoms with E-state index >= 15 is 0 Å². The Morgan fingerprint density at radius 2 is 2.46 bits per heavy atom. The van der Waals surface area contributed by atoms with Crippen LogP contribution < -0.4 is 0 Å². The van der Waals surface area contributed by atoms with E-state index < -0.39 is 0 Å². The van der Waals surface area contributed by atoms with E-state index in [2.05, 4.69) is 12.0 Å². The summed E-state index contributed by atoms with van der Waals surface area (Å²) in [7, 11) is 0. The quantitative estimate of drug-likeness (QED) is 0.687. The lowest BCUT2D eigenvalue weighted by Crippen LogP contribution is -2.25. The largest absolute Gasteiger partial charge is 0.271 e. The number of aromatic nitrogens is 2. The number of hydrogen-bond donors (Lipinski definition) is 0. The Labute approximate surface area is 78.0 Å². The van der Waals surface area contributed by atoms with Crippen LogP contribution in [0.4, 0.5) is 0 Å². The third kappa shape index (κ3) is 1.72. The van der Waals surface area contributed by atoms with Gasteiger partial charge in [0.05, 0.1) is 0 Å². The summed E-state index contributed by atoms with van der Waals surface area (Å²) >= 11 is 0. The summed E-state index contributed by atoms with van der Waals surface area (Å²) in [6.07, 6.45) is 4.50. The fourth-order valence-corrected chi connectivity index (χ4v) is 2.01. The summed E-state index contributed by atoms with van der Waals surface area (Å²) in [5.74, 6) is 1.66. The minimum atomic E-state index is 0.521. The fourth-order valence-electron chi connectivity index (χ4n) is 2.01. The second-order valence-electron chi connectivity index (χ2n) is 3.98. The zero-order valence-electron chi connectivity index (χ0n) is 7.77. The van der Waals surface area contributed by atoms with E-state index in [0.717, 1.165) is 18.4 Å². The van der Waals surface area contributed by atoms with Gasteiger partial charge in [0.25, 0.3) is 0 Å². The van der Waals surface area contributed by atoms with E-state index in [1.54, 1.807) is 6.07 Å². The Morgan fingerprint density at radius 1 is 1.69 bits per heavy atom. The minimum Gasteiger partial charge on any atom is -0.271 e. The molecular formula is C10H13N3. The lowest BCUT2D eigenvalue weighted by molar-refractivity contribution is 0.182. The van der Waals surface area contributed by atoms with Gasteiger partial charge in [-0.05, 0) is 30.7 Å². The molecule has 1 saturated carbocycles. The van der Waals surface area contributed by atoms with Crippen LogP contribution in [-0.4, -0.2) is 9.78 Å². The zero-order valence-corrected chi connectivity index (χ0v) is 7.77. The molecule has 13 heavy (non-hydrogen) atoms. The molecule has 1 heterocycles. The predicted octanol–water partition coefficient (Wildman–Crippen LogP) is 1.80. The first kappa shape index (κ1) is 8.31. The molecule has 0 spiro atoms. The molecular weight excluding hydrogens is 162 g/mol.